The molecule has 0 heterocycles. The first kappa shape index (κ1) is 15.9. The Kier molecular flexibility index (Phi) is 6.85. The highest BCUT2D eigenvalue weighted by atomic mass is 35.5. The van der Waals surface area contributed by atoms with Gasteiger partial charge in [-0.05, 0) is 31.4 Å². The Bertz CT molecular complexity index is 378. The van der Waals surface area contributed by atoms with Gasteiger partial charge in [0.2, 0.25) is 5.91 Å². The third-order valence-electron chi connectivity index (χ3n) is 2.51. The Morgan fingerprint density at radius 3 is 2.65 bits per heavy atom. The van der Waals surface area contributed by atoms with Gasteiger partial charge in [0.25, 0.3) is 0 Å². The zero-order valence-corrected chi connectivity index (χ0v) is 11.4. The number of rotatable bonds is 4. The SMILES string of the molecule is CCc1cccc(C)c1NC(=O)CC(C)N.Cl. The van der Waals surface area contributed by atoms with Gasteiger partial charge in [-0.15, -0.1) is 12.4 Å². The third-order valence-corrected chi connectivity index (χ3v) is 2.51. The number of nitrogens with one attached hydrogen (secondary N) is 1. The maximum atomic E-state index is 11.7. The van der Waals surface area contributed by atoms with Crippen LogP contribution in [-0.4, -0.2) is 11.9 Å². The van der Waals surface area contributed by atoms with Crippen LogP contribution >= 0.6 is 12.4 Å². The van der Waals surface area contributed by atoms with Crippen LogP contribution in [0.25, 0.3) is 0 Å². The van der Waals surface area contributed by atoms with E-state index < -0.39 is 0 Å². The number of nitrogens with two attached hydrogens (primary N) is 1. The van der Waals surface area contributed by atoms with Gasteiger partial charge in [0.15, 0.2) is 0 Å². The molecular weight excluding hydrogens is 236 g/mol. The highest BCUT2D eigenvalue weighted by Gasteiger charge is 2.09. The van der Waals surface area contributed by atoms with Crippen LogP contribution in [0, 0.1) is 6.92 Å². The molecule has 0 saturated heterocycles. The molecule has 1 aromatic rings. The van der Waals surface area contributed by atoms with Crippen molar-refractivity contribution in [3.05, 3.63) is 29.3 Å². The van der Waals surface area contributed by atoms with E-state index in [1.807, 2.05) is 32.0 Å². The number of para-hydroxylation sites is 1. The molecule has 1 atom stereocenters. The second-order valence-corrected chi connectivity index (χ2v) is 4.19. The number of benzene rings is 1. The first-order valence-electron chi connectivity index (χ1n) is 5.68. The Morgan fingerprint density at radius 1 is 1.47 bits per heavy atom. The lowest BCUT2D eigenvalue weighted by Crippen LogP contribution is -2.24. The molecule has 0 aliphatic carbocycles. The van der Waals surface area contributed by atoms with Crippen LogP contribution in [0.5, 0.6) is 0 Å². The summed E-state index contributed by atoms with van der Waals surface area (Å²) in [5.74, 6) is -0.0148. The minimum atomic E-state index is -0.103. The fourth-order valence-corrected chi connectivity index (χ4v) is 1.68. The van der Waals surface area contributed by atoms with Crippen molar-refractivity contribution < 1.29 is 4.79 Å². The first-order valence-corrected chi connectivity index (χ1v) is 5.68. The second-order valence-electron chi connectivity index (χ2n) is 4.19. The van der Waals surface area contributed by atoms with Crippen LogP contribution < -0.4 is 11.1 Å². The summed E-state index contributed by atoms with van der Waals surface area (Å²) >= 11 is 0. The van der Waals surface area contributed by atoms with Gasteiger partial charge in [0.05, 0.1) is 0 Å². The molecule has 17 heavy (non-hydrogen) atoms. The molecule has 1 aromatic carbocycles. The van der Waals surface area contributed by atoms with Crippen molar-refractivity contribution in [1.29, 1.82) is 0 Å². The van der Waals surface area contributed by atoms with Crippen LogP contribution in [0.3, 0.4) is 0 Å². The fourth-order valence-electron chi connectivity index (χ4n) is 1.68. The normalized spacial score (nSPS) is 11.5. The number of carbonyl (C=O) groups is 1. The molecule has 0 bridgehead atoms. The summed E-state index contributed by atoms with van der Waals surface area (Å²) in [6.45, 7) is 5.91. The van der Waals surface area contributed by atoms with Crippen molar-refractivity contribution >= 4 is 24.0 Å². The van der Waals surface area contributed by atoms with Crippen LogP contribution in [0.1, 0.15) is 31.4 Å². The lowest BCUT2D eigenvalue weighted by atomic mass is 10.1. The minimum Gasteiger partial charge on any atom is -0.327 e. The Balaban J connectivity index is 0.00000256. The number of halogens is 1. The predicted molar refractivity (Wildman–Crippen MR) is 74.7 cm³/mol. The molecule has 4 heteroatoms. The van der Waals surface area contributed by atoms with E-state index in [0.717, 1.165) is 23.2 Å². The summed E-state index contributed by atoms with van der Waals surface area (Å²) in [6, 6.07) is 5.94. The minimum absolute atomic E-state index is 0. The van der Waals surface area contributed by atoms with Crippen molar-refractivity contribution in [2.24, 2.45) is 5.73 Å². The van der Waals surface area contributed by atoms with Gasteiger partial charge in [-0.1, -0.05) is 25.1 Å². The highest BCUT2D eigenvalue weighted by Crippen LogP contribution is 2.21. The molecule has 0 radical (unpaired) electrons. The highest BCUT2D eigenvalue weighted by molar-refractivity contribution is 5.92. The van der Waals surface area contributed by atoms with Crippen LogP contribution in [0.15, 0.2) is 18.2 Å². The average Bonchev–Trinajstić information content (AvgIpc) is 2.20. The lowest BCUT2D eigenvalue weighted by Gasteiger charge is -2.13. The molecule has 1 unspecified atom stereocenters. The Labute approximate surface area is 109 Å². The Morgan fingerprint density at radius 2 is 2.12 bits per heavy atom. The van der Waals surface area contributed by atoms with Crippen LogP contribution in [-0.2, 0) is 11.2 Å². The summed E-state index contributed by atoms with van der Waals surface area (Å²) < 4.78 is 0. The maximum Gasteiger partial charge on any atom is 0.225 e. The molecule has 3 nitrogen and oxygen atoms in total. The molecule has 1 rings (SSSR count). The molecule has 0 aromatic heterocycles. The zero-order chi connectivity index (χ0) is 12.1. The van der Waals surface area contributed by atoms with E-state index >= 15 is 0 Å². The molecular formula is C13H21ClN2O. The molecule has 1 amide bonds. The Hall–Kier alpha value is -1.06. The van der Waals surface area contributed by atoms with Crippen molar-refractivity contribution in [1.82, 2.24) is 0 Å². The van der Waals surface area contributed by atoms with Gasteiger partial charge >= 0.3 is 0 Å². The quantitative estimate of drug-likeness (QED) is 0.870. The van der Waals surface area contributed by atoms with Gasteiger partial charge in [-0.25, -0.2) is 0 Å². The second kappa shape index (κ2) is 7.30. The van der Waals surface area contributed by atoms with Crippen molar-refractivity contribution in [3.63, 3.8) is 0 Å². The molecule has 0 saturated carbocycles. The van der Waals surface area contributed by atoms with Gasteiger partial charge in [0, 0.05) is 18.2 Å². The van der Waals surface area contributed by atoms with Crippen molar-refractivity contribution in [3.8, 4) is 0 Å². The average molecular weight is 257 g/mol. The molecule has 3 N–H and O–H groups in total. The summed E-state index contributed by atoms with van der Waals surface area (Å²) in [6.07, 6.45) is 1.27. The zero-order valence-electron chi connectivity index (χ0n) is 10.6. The largest absolute Gasteiger partial charge is 0.327 e. The predicted octanol–water partition coefficient (Wildman–Crippen LogP) is 2.66. The number of amides is 1. The monoisotopic (exact) mass is 256 g/mol. The van der Waals surface area contributed by atoms with Gasteiger partial charge < -0.3 is 11.1 Å². The van der Waals surface area contributed by atoms with Gasteiger partial charge in [0.1, 0.15) is 0 Å². The molecule has 0 fully saturated rings. The number of carbonyl (C=O) groups excluding carboxylic acids is 1. The van der Waals surface area contributed by atoms with E-state index in [2.05, 4.69) is 12.2 Å². The number of hydrogen-bond donors (Lipinski definition) is 2. The van der Waals surface area contributed by atoms with E-state index in [4.69, 9.17) is 5.73 Å². The van der Waals surface area contributed by atoms with Crippen molar-refractivity contribution in [2.75, 3.05) is 5.32 Å². The summed E-state index contributed by atoms with van der Waals surface area (Å²) in [5, 5.41) is 2.94. The fraction of sp³-hybridized carbons (Fsp3) is 0.462. The van der Waals surface area contributed by atoms with Crippen molar-refractivity contribution in [2.45, 2.75) is 39.7 Å². The molecule has 0 aliphatic heterocycles. The molecule has 0 spiro atoms. The van der Waals surface area contributed by atoms with Crippen LogP contribution in [0.4, 0.5) is 5.69 Å². The lowest BCUT2D eigenvalue weighted by molar-refractivity contribution is -0.116. The third kappa shape index (κ3) is 4.75. The van der Waals surface area contributed by atoms with Crippen LogP contribution in [0.2, 0.25) is 0 Å². The van der Waals surface area contributed by atoms with Gasteiger partial charge in [-0.3, -0.25) is 4.79 Å². The van der Waals surface area contributed by atoms with E-state index in [1.165, 1.54) is 0 Å². The van der Waals surface area contributed by atoms with E-state index in [1.54, 1.807) is 0 Å². The smallest absolute Gasteiger partial charge is 0.225 e. The summed E-state index contributed by atoms with van der Waals surface area (Å²) in [5.41, 5.74) is 8.79. The molecule has 0 aliphatic rings. The standard InChI is InChI=1S/C13H20N2O.ClH/c1-4-11-7-5-6-9(2)13(11)15-12(16)8-10(3)14;/h5-7,10H,4,8,14H2,1-3H3,(H,15,16);1H. The van der Waals surface area contributed by atoms with E-state index in [0.29, 0.717) is 6.42 Å². The topological polar surface area (TPSA) is 55.1 Å². The van der Waals surface area contributed by atoms with E-state index in [9.17, 15) is 4.79 Å². The number of hydrogen-bond acceptors (Lipinski definition) is 2. The summed E-state index contributed by atoms with van der Waals surface area (Å²) in [7, 11) is 0. The first-order chi connectivity index (χ1) is 7.54. The molecule has 96 valence electrons. The van der Waals surface area contributed by atoms with E-state index in [-0.39, 0.29) is 24.4 Å². The number of aryl methyl sites for hydroxylation is 2. The van der Waals surface area contributed by atoms with Gasteiger partial charge in [-0.2, -0.15) is 0 Å². The maximum absolute atomic E-state index is 11.7. The summed E-state index contributed by atoms with van der Waals surface area (Å²) in [4.78, 5) is 11.7. The number of anilines is 1.